The summed E-state index contributed by atoms with van der Waals surface area (Å²) in [5.41, 5.74) is 1.27. The molecule has 3 rings (SSSR count). The maximum absolute atomic E-state index is 12.4. The molecule has 8 heteroatoms. The Hall–Kier alpha value is -2.64. The third-order valence-corrected chi connectivity index (χ3v) is 6.18. The lowest BCUT2D eigenvalue weighted by Crippen LogP contribution is -2.59. The molecule has 0 radical (unpaired) electrons. The number of piperidine rings is 1. The van der Waals surface area contributed by atoms with Gasteiger partial charge in [-0.1, -0.05) is 49.7 Å². The number of nitro groups is 1. The summed E-state index contributed by atoms with van der Waals surface area (Å²) >= 11 is 5.99. The summed E-state index contributed by atoms with van der Waals surface area (Å²) in [5, 5.41) is 24.0. The molecule has 5 atom stereocenters. The van der Waals surface area contributed by atoms with Gasteiger partial charge in [-0.25, -0.2) is 0 Å². The van der Waals surface area contributed by atoms with Crippen LogP contribution in [0.25, 0.3) is 0 Å². The number of halogens is 1. The number of ether oxygens (including phenoxy) is 1. The van der Waals surface area contributed by atoms with Crippen molar-refractivity contribution in [2.75, 3.05) is 7.11 Å². The van der Waals surface area contributed by atoms with Gasteiger partial charge < -0.3 is 14.7 Å². The minimum absolute atomic E-state index is 0.108. The fraction of sp³-hybridized carbons (Fsp3) is 0.409. The maximum Gasteiger partial charge on any atom is 0.244 e. The molecule has 1 aliphatic rings. The number of amides is 1. The van der Waals surface area contributed by atoms with Crippen LogP contribution in [0.1, 0.15) is 36.9 Å². The Morgan fingerprint density at radius 1 is 1.13 bits per heavy atom. The molecule has 160 valence electrons. The van der Waals surface area contributed by atoms with E-state index in [4.69, 9.17) is 16.3 Å². The van der Waals surface area contributed by atoms with E-state index in [1.165, 1.54) is 4.90 Å². The monoisotopic (exact) mass is 432 g/mol. The molecule has 0 aromatic heterocycles. The minimum atomic E-state index is -1.17. The molecule has 0 spiro atoms. The number of aliphatic hydroxyl groups is 1. The van der Waals surface area contributed by atoms with E-state index in [-0.39, 0.29) is 10.8 Å². The second-order valence-electron chi connectivity index (χ2n) is 7.86. The summed E-state index contributed by atoms with van der Waals surface area (Å²) in [6.07, 6.45) is -0.674. The molecular weight excluding hydrogens is 408 g/mol. The third-order valence-electron chi connectivity index (χ3n) is 5.92. The largest absolute Gasteiger partial charge is 0.497 e. The van der Waals surface area contributed by atoms with Gasteiger partial charge in [0.25, 0.3) is 0 Å². The number of hydrogen-bond donors (Lipinski definition) is 1. The smallest absolute Gasteiger partial charge is 0.244 e. The van der Waals surface area contributed by atoms with Crippen LogP contribution in [0.3, 0.4) is 0 Å². The Morgan fingerprint density at radius 3 is 2.17 bits per heavy atom. The van der Waals surface area contributed by atoms with Crippen molar-refractivity contribution in [3.05, 3.63) is 74.8 Å². The molecule has 2 aromatic carbocycles. The topological polar surface area (TPSA) is 92.9 Å². The third kappa shape index (κ3) is 4.00. The highest BCUT2D eigenvalue weighted by molar-refractivity contribution is 6.30. The van der Waals surface area contributed by atoms with E-state index >= 15 is 0 Å². The Balaban J connectivity index is 2.20. The van der Waals surface area contributed by atoms with Crippen molar-refractivity contribution < 1.29 is 19.6 Å². The van der Waals surface area contributed by atoms with Gasteiger partial charge in [-0.3, -0.25) is 14.9 Å². The van der Waals surface area contributed by atoms with Gasteiger partial charge in [-0.2, -0.15) is 0 Å². The highest BCUT2D eigenvalue weighted by Gasteiger charge is 2.56. The molecule has 0 bridgehead atoms. The van der Waals surface area contributed by atoms with Crippen LogP contribution in [0.15, 0.2) is 48.5 Å². The van der Waals surface area contributed by atoms with Gasteiger partial charge in [0, 0.05) is 15.9 Å². The first-order valence-corrected chi connectivity index (χ1v) is 10.1. The summed E-state index contributed by atoms with van der Waals surface area (Å²) in [7, 11) is 1.55. The van der Waals surface area contributed by atoms with Crippen LogP contribution >= 0.6 is 11.6 Å². The molecule has 7 nitrogen and oxygen atoms in total. The quantitative estimate of drug-likeness (QED) is 0.424. The normalized spacial score (nSPS) is 26.5. The van der Waals surface area contributed by atoms with Gasteiger partial charge in [0.2, 0.25) is 12.5 Å². The van der Waals surface area contributed by atoms with Crippen molar-refractivity contribution in [1.82, 2.24) is 4.90 Å². The van der Waals surface area contributed by atoms with Crippen LogP contribution in [0.4, 0.5) is 0 Å². The molecular formula is C22H25ClN2O5. The van der Waals surface area contributed by atoms with Crippen LogP contribution in [0, 0.1) is 22.0 Å². The van der Waals surface area contributed by atoms with Crippen molar-refractivity contribution in [1.29, 1.82) is 0 Å². The van der Waals surface area contributed by atoms with Crippen molar-refractivity contribution in [2.45, 2.75) is 38.1 Å². The minimum Gasteiger partial charge on any atom is -0.497 e. The number of methoxy groups -OCH3 is 1. The zero-order chi connectivity index (χ0) is 22.0. The van der Waals surface area contributed by atoms with E-state index in [1.807, 2.05) is 13.8 Å². The molecule has 1 fully saturated rings. The lowest BCUT2D eigenvalue weighted by atomic mass is 9.68. The number of rotatable bonds is 6. The second kappa shape index (κ2) is 9.02. The molecule has 0 saturated carbocycles. The molecule has 0 unspecified atom stereocenters. The summed E-state index contributed by atoms with van der Waals surface area (Å²) in [6, 6.07) is 11.6. The summed E-state index contributed by atoms with van der Waals surface area (Å²) in [4.78, 5) is 25.2. The van der Waals surface area contributed by atoms with Crippen molar-refractivity contribution >= 4 is 18.0 Å². The number of carbonyl (C=O) groups excluding carboxylic acids is 1. The first kappa shape index (κ1) is 22.1. The molecule has 1 amide bonds. The zero-order valence-corrected chi connectivity index (χ0v) is 17.8. The number of hydrogen-bond acceptors (Lipinski definition) is 5. The number of likely N-dealkylation sites (tertiary alicyclic amines) is 1. The van der Waals surface area contributed by atoms with Gasteiger partial charge >= 0.3 is 0 Å². The molecule has 1 aliphatic heterocycles. The van der Waals surface area contributed by atoms with Crippen molar-refractivity contribution in [2.24, 2.45) is 11.8 Å². The van der Waals surface area contributed by atoms with E-state index in [2.05, 4.69) is 0 Å². The maximum atomic E-state index is 12.4. The van der Waals surface area contributed by atoms with Gasteiger partial charge in [0.15, 0.2) is 0 Å². The van der Waals surface area contributed by atoms with Crippen molar-refractivity contribution in [3.8, 4) is 5.75 Å². The van der Waals surface area contributed by atoms with Crippen molar-refractivity contribution in [3.63, 3.8) is 0 Å². The van der Waals surface area contributed by atoms with Crippen LogP contribution < -0.4 is 4.74 Å². The SMILES string of the molecule is COc1ccc([C@@H]2[C@@H](C(C)C)[C@H](O)N(C=O)[C@H](c3ccc(Cl)cc3)[C@H]2[N+](=O)[O-])cc1. The average molecular weight is 433 g/mol. The van der Waals surface area contributed by atoms with Crippen LogP contribution in [0.2, 0.25) is 5.02 Å². The standard InChI is InChI=1S/C22H25ClN2O5/c1-13(2)18-19(14-6-10-17(30-3)11-7-14)21(25(28)29)20(24(12-26)22(18)27)15-4-8-16(23)9-5-15/h4-13,18-22,27H,1-3H3/t18-,19-,20-,21+,22+/m1/s1. The predicted molar refractivity (Wildman–Crippen MR) is 113 cm³/mol. The van der Waals surface area contributed by atoms with Gasteiger partial charge in [-0.05, 0) is 41.3 Å². The Morgan fingerprint density at radius 2 is 1.70 bits per heavy atom. The molecule has 30 heavy (non-hydrogen) atoms. The number of benzene rings is 2. The van der Waals surface area contributed by atoms with E-state index in [0.29, 0.717) is 22.7 Å². The molecule has 1 saturated heterocycles. The summed E-state index contributed by atoms with van der Waals surface area (Å²) < 4.78 is 5.21. The first-order chi connectivity index (χ1) is 14.3. The van der Waals surface area contributed by atoms with Crippen LogP contribution in [0.5, 0.6) is 5.75 Å². The van der Waals surface area contributed by atoms with Crippen LogP contribution in [-0.4, -0.2) is 40.7 Å². The van der Waals surface area contributed by atoms with E-state index in [1.54, 1.807) is 55.6 Å². The lowest BCUT2D eigenvalue weighted by molar-refractivity contribution is -0.544. The lowest BCUT2D eigenvalue weighted by Gasteiger charge is -2.48. The zero-order valence-electron chi connectivity index (χ0n) is 17.0. The summed E-state index contributed by atoms with van der Waals surface area (Å²) in [5.74, 6) is -0.610. The van der Waals surface area contributed by atoms with E-state index in [0.717, 1.165) is 5.56 Å². The fourth-order valence-electron chi connectivity index (χ4n) is 4.56. The number of aliphatic hydroxyl groups excluding tert-OH is 1. The fourth-order valence-corrected chi connectivity index (χ4v) is 4.68. The van der Waals surface area contributed by atoms with Crippen LogP contribution in [-0.2, 0) is 4.79 Å². The first-order valence-electron chi connectivity index (χ1n) is 9.73. The number of carbonyl (C=O) groups is 1. The van der Waals surface area contributed by atoms with Gasteiger partial charge in [-0.15, -0.1) is 0 Å². The van der Waals surface area contributed by atoms with Gasteiger partial charge in [0.1, 0.15) is 18.0 Å². The highest BCUT2D eigenvalue weighted by Crippen LogP contribution is 2.48. The summed E-state index contributed by atoms with van der Waals surface area (Å²) in [6.45, 7) is 3.79. The Labute approximate surface area is 180 Å². The number of nitrogens with zero attached hydrogens (tertiary/aromatic N) is 2. The average Bonchev–Trinajstić information content (AvgIpc) is 2.73. The molecule has 1 N–H and O–H groups in total. The molecule has 1 heterocycles. The highest BCUT2D eigenvalue weighted by atomic mass is 35.5. The van der Waals surface area contributed by atoms with E-state index in [9.17, 15) is 20.0 Å². The predicted octanol–water partition coefficient (Wildman–Crippen LogP) is 3.88. The Kier molecular flexibility index (Phi) is 6.63. The molecule has 2 aromatic rings. The second-order valence-corrected chi connectivity index (χ2v) is 8.30. The Bertz CT molecular complexity index is 887. The molecule has 0 aliphatic carbocycles. The van der Waals surface area contributed by atoms with E-state index < -0.39 is 30.1 Å². The van der Waals surface area contributed by atoms with Gasteiger partial charge in [0.05, 0.1) is 13.0 Å².